The van der Waals surface area contributed by atoms with Crippen molar-refractivity contribution >= 4 is 29.4 Å². The number of methoxy groups -OCH3 is 1. The highest BCUT2D eigenvalue weighted by atomic mass is 16.6. The van der Waals surface area contributed by atoms with E-state index in [0.29, 0.717) is 6.42 Å². The van der Waals surface area contributed by atoms with E-state index in [0.717, 1.165) is 7.11 Å². The number of amides is 2. The number of esters is 1. The van der Waals surface area contributed by atoms with Crippen molar-refractivity contribution in [2.75, 3.05) is 12.4 Å². The minimum Gasteiger partial charge on any atom is -0.463 e. The first-order valence-electron chi connectivity index (χ1n) is 9.02. The molecular weight excluding hydrogens is 364 g/mol. The molecular formula is C20H28N2O6. The summed E-state index contributed by atoms with van der Waals surface area (Å²) < 4.78 is 9.68. The van der Waals surface area contributed by atoms with Gasteiger partial charge in [0, 0.05) is 0 Å². The summed E-state index contributed by atoms with van der Waals surface area (Å²) >= 11 is 0. The summed E-state index contributed by atoms with van der Waals surface area (Å²) in [5, 5.41) is 5.19. The van der Waals surface area contributed by atoms with Crippen LogP contribution in [0.5, 0.6) is 0 Å². The van der Waals surface area contributed by atoms with E-state index in [9.17, 15) is 19.2 Å². The number of nitrogens with one attached hydrogen (secondary N) is 2. The van der Waals surface area contributed by atoms with Crippen LogP contribution < -0.4 is 10.6 Å². The molecule has 0 heterocycles. The Balaban J connectivity index is 3.05. The minimum absolute atomic E-state index is 0.00266. The van der Waals surface area contributed by atoms with Gasteiger partial charge in [0.15, 0.2) is 0 Å². The lowest BCUT2D eigenvalue weighted by Gasteiger charge is -2.26. The summed E-state index contributed by atoms with van der Waals surface area (Å²) in [6, 6.07) is 5.20. The Morgan fingerprint density at radius 3 is 2.25 bits per heavy atom. The maximum Gasteiger partial charge on any atom is 0.408 e. The molecule has 1 aromatic rings. The van der Waals surface area contributed by atoms with Gasteiger partial charge in [-0.1, -0.05) is 32.4 Å². The maximum atomic E-state index is 12.8. The smallest absolute Gasteiger partial charge is 0.408 e. The first-order valence-corrected chi connectivity index (χ1v) is 9.02. The van der Waals surface area contributed by atoms with Crippen molar-refractivity contribution in [2.45, 2.75) is 52.7 Å². The van der Waals surface area contributed by atoms with Crippen LogP contribution in [0.2, 0.25) is 0 Å². The second-order valence-corrected chi connectivity index (χ2v) is 7.36. The first kappa shape index (κ1) is 23.1. The molecule has 0 unspecified atom stereocenters. The number of ether oxygens (including phenoxy) is 2. The number of alkyl carbamates (subject to hydrolysis) is 1. The highest BCUT2D eigenvalue weighted by Gasteiger charge is 2.29. The molecule has 1 aromatic carbocycles. The summed E-state index contributed by atoms with van der Waals surface area (Å²) in [4.78, 5) is 48.7. The lowest BCUT2D eigenvalue weighted by Crippen LogP contribution is -2.49. The van der Waals surface area contributed by atoms with E-state index in [1.807, 2.05) is 13.8 Å². The molecule has 0 aliphatic heterocycles. The predicted molar refractivity (Wildman–Crippen MR) is 104 cm³/mol. The average molecular weight is 392 g/mol. The molecule has 8 nitrogen and oxygen atoms in total. The van der Waals surface area contributed by atoms with Crippen LogP contribution in [0.15, 0.2) is 24.3 Å². The van der Waals surface area contributed by atoms with Crippen molar-refractivity contribution in [3.63, 3.8) is 0 Å². The van der Waals surface area contributed by atoms with Crippen molar-refractivity contribution in [1.29, 1.82) is 0 Å². The summed E-state index contributed by atoms with van der Waals surface area (Å²) in [7, 11) is 1.10. The minimum atomic E-state index is -1.04. The molecule has 0 aliphatic rings. The molecule has 0 radical (unpaired) electrons. The second-order valence-electron chi connectivity index (χ2n) is 7.36. The van der Waals surface area contributed by atoms with Gasteiger partial charge in [-0.25, -0.2) is 9.59 Å². The van der Waals surface area contributed by atoms with Gasteiger partial charge in [-0.2, -0.15) is 0 Å². The van der Waals surface area contributed by atoms with Crippen molar-refractivity contribution in [3.05, 3.63) is 29.8 Å². The zero-order valence-electron chi connectivity index (χ0n) is 17.1. The third-order valence-corrected chi connectivity index (χ3v) is 3.97. The van der Waals surface area contributed by atoms with E-state index in [-0.39, 0.29) is 17.2 Å². The van der Waals surface area contributed by atoms with Crippen LogP contribution in [-0.4, -0.2) is 42.5 Å². The molecule has 2 N–H and O–H groups in total. The SMILES string of the molecule is CC[C@H](C)[C@H](NC(=O)OC(C)(C)C)C(=O)Nc1ccccc1C(=O)C(=O)OC. The number of Topliss-reactive ketones (excluding diaryl/α,β-unsaturated/α-hetero) is 1. The van der Waals surface area contributed by atoms with E-state index in [4.69, 9.17) is 4.74 Å². The zero-order chi connectivity index (χ0) is 21.5. The summed E-state index contributed by atoms with van der Waals surface area (Å²) in [6.45, 7) is 8.86. The molecule has 2 amide bonds. The Kier molecular flexibility index (Phi) is 8.16. The number of ketones is 1. The third-order valence-electron chi connectivity index (χ3n) is 3.97. The van der Waals surface area contributed by atoms with Gasteiger partial charge in [0.2, 0.25) is 5.91 Å². The van der Waals surface area contributed by atoms with Crippen LogP contribution in [0.4, 0.5) is 10.5 Å². The monoisotopic (exact) mass is 392 g/mol. The molecule has 0 saturated carbocycles. The lowest BCUT2D eigenvalue weighted by molar-refractivity contribution is -0.135. The number of anilines is 1. The summed E-state index contributed by atoms with van der Waals surface area (Å²) in [6.07, 6.45) is -0.0942. The topological polar surface area (TPSA) is 111 Å². The Morgan fingerprint density at radius 2 is 1.71 bits per heavy atom. The number of hydrogen-bond acceptors (Lipinski definition) is 6. The van der Waals surface area contributed by atoms with E-state index >= 15 is 0 Å². The number of carbonyl (C=O) groups is 4. The van der Waals surface area contributed by atoms with Crippen molar-refractivity contribution in [2.24, 2.45) is 5.92 Å². The predicted octanol–water partition coefficient (Wildman–Crippen LogP) is 2.92. The Morgan fingerprint density at radius 1 is 1.11 bits per heavy atom. The van der Waals surface area contributed by atoms with Crippen molar-refractivity contribution in [3.8, 4) is 0 Å². The van der Waals surface area contributed by atoms with Crippen LogP contribution in [-0.2, 0) is 19.1 Å². The third kappa shape index (κ3) is 6.68. The largest absolute Gasteiger partial charge is 0.463 e. The normalized spacial score (nSPS) is 13.1. The highest BCUT2D eigenvalue weighted by molar-refractivity contribution is 6.42. The molecule has 154 valence electrons. The van der Waals surface area contributed by atoms with Crippen LogP contribution in [0.3, 0.4) is 0 Å². The van der Waals surface area contributed by atoms with Gasteiger partial charge in [-0.15, -0.1) is 0 Å². The number of hydrogen-bond donors (Lipinski definition) is 2. The van der Waals surface area contributed by atoms with Crippen molar-refractivity contribution < 1.29 is 28.7 Å². The van der Waals surface area contributed by atoms with Gasteiger partial charge in [0.25, 0.3) is 5.78 Å². The average Bonchev–Trinajstić information content (AvgIpc) is 2.63. The number of para-hydroxylation sites is 1. The molecule has 0 bridgehead atoms. The van der Waals surface area contributed by atoms with Crippen LogP contribution in [0.1, 0.15) is 51.4 Å². The van der Waals surface area contributed by atoms with Crippen molar-refractivity contribution in [1.82, 2.24) is 5.32 Å². The van der Waals surface area contributed by atoms with Gasteiger partial charge in [-0.3, -0.25) is 9.59 Å². The number of carbonyl (C=O) groups excluding carboxylic acids is 4. The van der Waals surface area contributed by atoms with Gasteiger partial charge < -0.3 is 20.1 Å². The fourth-order valence-corrected chi connectivity index (χ4v) is 2.34. The second kappa shape index (κ2) is 9.87. The molecule has 0 spiro atoms. The van der Waals surface area contributed by atoms with Gasteiger partial charge in [-0.05, 0) is 38.8 Å². The maximum absolute atomic E-state index is 12.8. The Bertz CT molecular complexity index is 738. The molecule has 1 rings (SSSR count). The molecule has 0 aromatic heterocycles. The van der Waals surface area contributed by atoms with E-state index in [1.165, 1.54) is 12.1 Å². The van der Waals surface area contributed by atoms with Crippen LogP contribution in [0, 0.1) is 5.92 Å². The van der Waals surface area contributed by atoms with E-state index in [2.05, 4.69) is 15.4 Å². The van der Waals surface area contributed by atoms with Crippen LogP contribution >= 0.6 is 0 Å². The lowest BCUT2D eigenvalue weighted by atomic mass is 9.98. The van der Waals surface area contributed by atoms with Gasteiger partial charge in [0.1, 0.15) is 11.6 Å². The molecule has 2 atom stereocenters. The van der Waals surface area contributed by atoms with Gasteiger partial charge in [0.05, 0.1) is 18.4 Å². The Labute approximate surface area is 165 Å². The highest BCUT2D eigenvalue weighted by Crippen LogP contribution is 2.19. The molecule has 0 aliphatic carbocycles. The first-order chi connectivity index (χ1) is 13.0. The molecule has 0 fully saturated rings. The quantitative estimate of drug-likeness (QED) is 0.419. The van der Waals surface area contributed by atoms with Crippen LogP contribution in [0.25, 0.3) is 0 Å². The number of benzene rings is 1. The van der Waals surface area contributed by atoms with E-state index in [1.54, 1.807) is 32.9 Å². The fourth-order valence-electron chi connectivity index (χ4n) is 2.34. The fraction of sp³-hybridized carbons (Fsp3) is 0.500. The zero-order valence-corrected chi connectivity index (χ0v) is 17.1. The molecule has 28 heavy (non-hydrogen) atoms. The molecule has 8 heteroatoms. The molecule has 0 saturated heterocycles. The number of rotatable bonds is 7. The Hall–Kier alpha value is -2.90. The summed E-state index contributed by atoms with van der Waals surface area (Å²) in [5.41, 5.74) is -0.551. The van der Waals surface area contributed by atoms with E-state index < -0.39 is 35.4 Å². The summed E-state index contributed by atoms with van der Waals surface area (Å²) in [5.74, 6) is -2.63. The standard InChI is InChI=1S/C20H28N2O6/c1-7-12(2)15(22-19(26)28-20(3,4)5)17(24)21-14-11-9-8-10-13(14)16(23)18(25)27-6/h8-12,15H,7H2,1-6H3,(H,21,24)(H,22,26)/t12-,15-/m0/s1. The van der Waals surface area contributed by atoms with Gasteiger partial charge >= 0.3 is 12.1 Å².